The fraction of sp³-hybridized carbons (Fsp3) is 0.556. The Hall–Kier alpha value is -2.04. The predicted octanol–water partition coefficient (Wildman–Crippen LogP) is 3.70. The predicted molar refractivity (Wildman–Crippen MR) is 88.5 cm³/mol. The van der Waals surface area contributed by atoms with E-state index in [1.54, 1.807) is 11.8 Å². The van der Waals surface area contributed by atoms with Gasteiger partial charge >= 0.3 is 12.1 Å². The van der Waals surface area contributed by atoms with Crippen LogP contribution < -0.4 is 4.90 Å². The molecule has 0 N–H and O–H groups in total. The Balaban J connectivity index is 2.14. The molecule has 126 valence electrons. The molecular formula is C18H25NO4. The second-order valence-corrected chi connectivity index (χ2v) is 6.68. The van der Waals surface area contributed by atoms with Crippen LogP contribution in [0.4, 0.5) is 10.5 Å². The first-order valence-corrected chi connectivity index (χ1v) is 8.07. The molecule has 0 unspecified atom stereocenters. The fourth-order valence-electron chi connectivity index (χ4n) is 2.77. The standard InChI is InChI=1S/C18H25NO4/c1-5-22-16(20)11-10-14-12-13-8-6-7-9-15(13)19(14)17(21)23-18(2,3)4/h6-9,14H,5,10-12H2,1-4H3/t14-/m0/s1. The van der Waals surface area contributed by atoms with Gasteiger partial charge in [0, 0.05) is 12.5 Å². The lowest BCUT2D eigenvalue weighted by Crippen LogP contribution is -2.41. The number of benzene rings is 1. The fourth-order valence-corrected chi connectivity index (χ4v) is 2.77. The second kappa shape index (κ2) is 7.02. The molecule has 1 heterocycles. The van der Waals surface area contributed by atoms with Crippen molar-refractivity contribution >= 4 is 17.7 Å². The molecule has 0 aromatic heterocycles. The number of carbonyl (C=O) groups is 2. The molecule has 0 aliphatic carbocycles. The number of esters is 1. The van der Waals surface area contributed by atoms with Gasteiger partial charge in [0.1, 0.15) is 5.60 Å². The first-order valence-electron chi connectivity index (χ1n) is 8.07. The van der Waals surface area contributed by atoms with Crippen molar-refractivity contribution in [2.75, 3.05) is 11.5 Å². The molecule has 1 atom stereocenters. The Kier molecular flexibility index (Phi) is 5.29. The van der Waals surface area contributed by atoms with Gasteiger partial charge in [0.05, 0.1) is 12.3 Å². The largest absolute Gasteiger partial charge is 0.466 e. The summed E-state index contributed by atoms with van der Waals surface area (Å²) in [5, 5.41) is 0. The van der Waals surface area contributed by atoms with Crippen LogP contribution >= 0.6 is 0 Å². The lowest BCUT2D eigenvalue weighted by molar-refractivity contribution is -0.143. The molecule has 0 fully saturated rings. The van der Waals surface area contributed by atoms with Crippen LogP contribution in [0, 0.1) is 0 Å². The zero-order valence-corrected chi connectivity index (χ0v) is 14.3. The molecular weight excluding hydrogens is 294 g/mol. The number of nitrogens with zero attached hydrogens (tertiary/aromatic N) is 1. The van der Waals surface area contributed by atoms with Crippen molar-refractivity contribution in [1.29, 1.82) is 0 Å². The van der Waals surface area contributed by atoms with Crippen molar-refractivity contribution in [1.82, 2.24) is 0 Å². The molecule has 0 spiro atoms. The van der Waals surface area contributed by atoms with Crippen molar-refractivity contribution in [2.45, 2.75) is 58.6 Å². The Labute approximate surface area is 137 Å². The van der Waals surface area contributed by atoms with E-state index >= 15 is 0 Å². The third-order valence-electron chi connectivity index (χ3n) is 3.65. The summed E-state index contributed by atoms with van der Waals surface area (Å²) in [6, 6.07) is 7.72. The summed E-state index contributed by atoms with van der Waals surface area (Å²) in [7, 11) is 0. The molecule has 23 heavy (non-hydrogen) atoms. The first-order chi connectivity index (χ1) is 10.8. The van der Waals surface area contributed by atoms with E-state index in [2.05, 4.69) is 0 Å². The quantitative estimate of drug-likeness (QED) is 0.794. The van der Waals surface area contributed by atoms with Gasteiger partial charge in [-0.25, -0.2) is 4.79 Å². The number of carbonyl (C=O) groups excluding carboxylic acids is 2. The molecule has 0 saturated carbocycles. The van der Waals surface area contributed by atoms with Gasteiger partial charge in [0.2, 0.25) is 0 Å². The topological polar surface area (TPSA) is 55.8 Å². The maximum Gasteiger partial charge on any atom is 0.415 e. The minimum absolute atomic E-state index is 0.0772. The van der Waals surface area contributed by atoms with E-state index in [1.807, 2.05) is 45.0 Å². The van der Waals surface area contributed by atoms with Gasteiger partial charge in [0.25, 0.3) is 0 Å². The Morgan fingerprint density at radius 2 is 1.96 bits per heavy atom. The number of amides is 1. The SMILES string of the molecule is CCOC(=O)CC[C@H]1Cc2ccccc2N1C(=O)OC(C)(C)C. The summed E-state index contributed by atoms with van der Waals surface area (Å²) in [6.45, 7) is 7.71. The van der Waals surface area contributed by atoms with E-state index in [0.29, 0.717) is 19.4 Å². The normalized spacial score (nSPS) is 16.9. The number of rotatable bonds is 4. The summed E-state index contributed by atoms with van der Waals surface area (Å²) in [6.07, 6.45) is 1.23. The van der Waals surface area contributed by atoms with E-state index in [1.165, 1.54) is 0 Å². The van der Waals surface area contributed by atoms with Gasteiger partial charge in [0.15, 0.2) is 0 Å². The van der Waals surface area contributed by atoms with Crippen LogP contribution in [0.3, 0.4) is 0 Å². The van der Waals surface area contributed by atoms with Crippen molar-refractivity contribution in [3.8, 4) is 0 Å². The third kappa shape index (κ3) is 4.47. The van der Waals surface area contributed by atoms with Crippen molar-refractivity contribution in [2.24, 2.45) is 0 Å². The lowest BCUT2D eigenvalue weighted by Gasteiger charge is -2.29. The Morgan fingerprint density at radius 1 is 1.26 bits per heavy atom. The Bertz CT molecular complexity index is 577. The maximum absolute atomic E-state index is 12.6. The van der Waals surface area contributed by atoms with Crippen LogP contribution in [0.1, 0.15) is 46.1 Å². The highest BCUT2D eigenvalue weighted by atomic mass is 16.6. The number of fused-ring (bicyclic) bond motifs is 1. The minimum Gasteiger partial charge on any atom is -0.466 e. The summed E-state index contributed by atoms with van der Waals surface area (Å²) >= 11 is 0. The molecule has 1 aromatic rings. The number of anilines is 1. The monoisotopic (exact) mass is 319 g/mol. The van der Waals surface area contributed by atoms with Crippen LogP contribution in [-0.4, -0.2) is 30.3 Å². The minimum atomic E-state index is -0.555. The molecule has 5 heteroatoms. The van der Waals surface area contributed by atoms with Gasteiger partial charge < -0.3 is 9.47 Å². The van der Waals surface area contributed by atoms with Gasteiger partial charge in [-0.3, -0.25) is 9.69 Å². The second-order valence-electron chi connectivity index (χ2n) is 6.68. The highest BCUT2D eigenvalue weighted by Gasteiger charge is 2.36. The number of hydrogen-bond donors (Lipinski definition) is 0. The molecule has 0 saturated heterocycles. The molecule has 1 aliphatic rings. The highest BCUT2D eigenvalue weighted by molar-refractivity contribution is 5.91. The number of para-hydroxylation sites is 1. The molecule has 2 rings (SSSR count). The summed E-state index contributed by atoms with van der Waals surface area (Å²) in [5.41, 5.74) is 1.42. The molecule has 1 aliphatic heterocycles. The van der Waals surface area contributed by atoms with E-state index in [-0.39, 0.29) is 18.1 Å². The summed E-state index contributed by atoms with van der Waals surface area (Å²) < 4.78 is 10.5. The van der Waals surface area contributed by atoms with Crippen LogP contribution in [-0.2, 0) is 20.7 Å². The van der Waals surface area contributed by atoms with E-state index < -0.39 is 5.60 Å². The van der Waals surface area contributed by atoms with E-state index in [9.17, 15) is 9.59 Å². The maximum atomic E-state index is 12.6. The lowest BCUT2D eigenvalue weighted by atomic mass is 10.1. The summed E-state index contributed by atoms with van der Waals surface area (Å²) in [5.74, 6) is -0.229. The van der Waals surface area contributed by atoms with E-state index in [4.69, 9.17) is 9.47 Å². The molecule has 0 radical (unpaired) electrons. The summed E-state index contributed by atoms with van der Waals surface area (Å²) in [4.78, 5) is 25.9. The van der Waals surface area contributed by atoms with E-state index in [0.717, 1.165) is 17.7 Å². The number of hydrogen-bond acceptors (Lipinski definition) is 4. The van der Waals surface area contributed by atoms with Gasteiger partial charge in [-0.2, -0.15) is 0 Å². The molecule has 0 bridgehead atoms. The highest BCUT2D eigenvalue weighted by Crippen LogP contribution is 2.35. The van der Waals surface area contributed by atoms with Crippen molar-refractivity contribution in [3.05, 3.63) is 29.8 Å². The van der Waals surface area contributed by atoms with Gasteiger partial charge in [-0.05, 0) is 52.2 Å². The zero-order valence-electron chi connectivity index (χ0n) is 14.3. The Morgan fingerprint density at radius 3 is 2.61 bits per heavy atom. The molecule has 1 amide bonds. The van der Waals surface area contributed by atoms with Crippen LogP contribution in [0.2, 0.25) is 0 Å². The van der Waals surface area contributed by atoms with Crippen LogP contribution in [0.5, 0.6) is 0 Å². The first kappa shape index (κ1) is 17.3. The number of ether oxygens (including phenoxy) is 2. The molecule has 5 nitrogen and oxygen atoms in total. The average molecular weight is 319 g/mol. The van der Waals surface area contributed by atoms with Crippen molar-refractivity contribution in [3.63, 3.8) is 0 Å². The average Bonchev–Trinajstić information content (AvgIpc) is 2.82. The molecule has 1 aromatic carbocycles. The van der Waals surface area contributed by atoms with Crippen LogP contribution in [0.15, 0.2) is 24.3 Å². The smallest absolute Gasteiger partial charge is 0.415 e. The van der Waals surface area contributed by atoms with Gasteiger partial charge in [-0.1, -0.05) is 18.2 Å². The third-order valence-corrected chi connectivity index (χ3v) is 3.65. The van der Waals surface area contributed by atoms with Crippen molar-refractivity contribution < 1.29 is 19.1 Å². The van der Waals surface area contributed by atoms with Crippen LogP contribution in [0.25, 0.3) is 0 Å². The zero-order chi connectivity index (χ0) is 17.0. The van der Waals surface area contributed by atoms with Gasteiger partial charge in [-0.15, -0.1) is 0 Å².